The predicted octanol–water partition coefficient (Wildman–Crippen LogP) is 0.821. The van der Waals surface area contributed by atoms with Crippen molar-refractivity contribution in [1.82, 2.24) is 10.6 Å². The van der Waals surface area contributed by atoms with Gasteiger partial charge in [-0.15, -0.1) is 0 Å². The Bertz CT molecular complexity index is 296. The number of ether oxygens (including phenoxy) is 1. The van der Waals surface area contributed by atoms with Crippen LogP contribution in [0.3, 0.4) is 0 Å². The molecule has 18 heavy (non-hydrogen) atoms. The van der Waals surface area contributed by atoms with Crippen LogP contribution in [0, 0.1) is 11.8 Å². The molecule has 1 rings (SSSR count). The number of amides is 2. The number of urea groups is 1. The number of hydrogen-bond donors (Lipinski definition) is 3. The standard InChI is InChI=1S/C12H22N2O4/c1-8-4-3-5-9(8)6-13-12(17)14-7-10(18-2)11(15)16/h8-10H,3-7H2,1-2H3,(H,15,16)(H2,13,14,17). The van der Waals surface area contributed by atoms with Gasteiger partial charge >= 0.3 is 12.0 Å². The molecule has 3 unspecified atom stereocenters. The second-order valence-corrected chi connectivity index (χ2v) is 4.82. The quantitative estimate of drug-likeness (QED) is 0.658. The van der Waals surface area contributed by atoms with E-state index in [1.807, 2.05) is 0 Å². The van der Waals surface area contributed by atoms with Crippen LogP contribution in [-0.2, 0) is 9.53 Å². The highest BCUT2D eigenvalue weighted by Crippen LogP contribution is 2.30. The van der Waals surface area contributed by atoms with E-state index >= 15 is 0 Å². The molecule has 0 aromatic carbocycles. The molecule has 104 valence electrons. The fourth-order valence-electron chi connectivity index (χ4n) is 2.27. The van der Waals surface area contributed by atoms with Crippen LogP contribution in [-0.4, -0.2) is 43.4 Å². The fraction of sp³-hybridized carbons (Fsp3) is 0.833. The first-order chi connectivity index (χ1) is 8.54. The van der Waals surface area contributed by atoms with Crippen molar-refractivity contribution in [1.29, 1.82) is 0 Å². The molecule has 2 amide bonds. The van der Waals surface area contributed by atoms with Crippen LogP contribution in [0.25, 0.3) is 0 Å². The van der Waals surface area contributed by atoms with Crippen molar-refractivity contribution < 1.29 is 19.4 Å². The molecule has 0 spiro atoms. The zero-order chi connectivity index (χ0) is 13.5. The normalized spacial score (nSPS) is 24.6. The highest BCUT2D eigenvalue weighted by Gasteiger charge is 2.23. The molecule has 1 aliphatic carbocycles. The number of methoxy groups -OCH3 is 1. The van der Waals surface area contributed by atoms with Crippen molar-refractivity contribution in [3.63, 3.8) is 0 Å². The molecule has 0 aromatic heterocycles. The summed E-state index contributed by atoms with van der Waals surface area (Å²) in [6, 6.07) is -0.336. The van der Waals surface area contributed by atoms with Gasteiger partial charge in [0.1, 0.15) is 0 Å². The summed E-state index contributed by atoms with van der Waals surface area (Å²) in [7, 11) is 1.30. The maximum Gasteiger partial charge on any atom is 0.334 e. The molecule has 1 aliphatic rings. The highest BCUT2D eigenvalue weighted by atomic mass is 16.5. The van der Waals surface area contributed by atoms with Crippen LogP contribution in [0.2, 0.25) is 0 Å². The summed E-state index contributed by atoms with van der Waals surface area (Å²) in [6.45, 7) is 2.82. The fourth-order valence-corrected chi connectivity index (χ4v) is 2.27. The zero-order valence-electron chi connectivity index (χ0n) is 10.9. The number of carbonyl (C=O) groups is 2. The Kier molecular flexibility index (Phi) is 5.91. The van der Waals surface area contributed by atoms with Crippen molar-refractivity contribution in [2.75, 3.05) is 20.2 Å². The maximum absolute atomic E-state index is 11.5. The van der Waals surface area contributed by atoms with E-state index in [-0.39, 0.29) is 12.6 Å². The lowest BCUT2D eigenvalue weighted by atomic mass is 9.98. The third-order valence-corrected chi connectivity index (χ3v) is 3.57. The Morgan fingerprint density at radius 2 is 2.11 bits per heavy atom. The van der Waals surface area contributed by atoms with Crippen LogP contribution in [0.15, 0.2) is 0 Å². The molecule has 3 N–H and O–H groups in total. The van der Waals surface area contributed by atoms with Crippen molar-refractivity contribution in [2.24, 2.45) is 11.8 Å². The number of hydrogen-bond acceptors (Lipinski definition) is 3. The molecule has 0 radical (unpaired) electrons. The van der Waals surface area contributed by atoms with Crippen molar-refractivity contribution in [3.8, 4) is 0 Å². The van der Waals surface area contributed by atoms with E-state index in [2.05, 4.69) is 17.6 Å². The molecule has 6 heteroatoms. The summed E-state index contributed by atoms with van der Waals surface area (Å²) in [4.78, 5) is 22.1. The van der Waals surface area contributed by atoms with Crippen LogP contribution >= 0.6 is 0 Å². The van der Waals surface area contributed by atoms with Gasteiger partial charge in [0, 0.05) is 13.7 Å². The molecule has 1 fully saturated rings. The summed E-state index contributed by atoms with van der Waals surface area (Å²) >= 11 is 0. The van der Waals surface area contributed by atoms with Gasteiger partial charge in [-0.25, -0.2) is 9.59 Å². The SMILES string of the molecule is COC(CNC(=O)NCC1CCCC1C)C(=O)O. The van der Waals surface area contributed by atoms with Gasteiger partial charge < -0.3 is 20.5 Å². The van der Waals surface area contributed by atoms with Gasteiger partial charge in [-0.1, -0.05) is 19.8 Å². The topological polar surface area (TPSA) is 87.7 Å². The van der Waals surface area contributed by atoms with E-state index in [4.69, 9.17) is 9.84 Å². The molecule has 0 aromatic rings. The van der Waals surface area contributed by atoms with Gasteiger partial charge in [0.2, 0.25) is 0 Å². The number of carboxylic acid groups (broad SMARTS) is 1. The molecule has 0 heterocycles. The number of nitrogens with one attached hydrogen (secondary N) is 2. The van der Waals surface area contributed by atoms with Crippen LogP contribution < -0.4 is 10.6 Å². The minimum atomic E-state index is -1.08. The number of carbonyl (C=O) groups excluding carboxylic acids is 1. The molecule has 6 nitrogen and oxygen atoms in total. The van der Waals surface area contributed by atoms with Crippen molar-refractivity contribution >= 4 is 12.0 Å². The van der Waals surface area contributed by atoms with E-state index in [9.17, 15) is 9.59 Å². The van der Waals surface area contributed by atoms with Crippen LogP contribution in [0.1, 0.15) is 26.2 Å². The van der Waals surface area contributed by atoms with E-state index in [1.165, 1.54) is 20.0 Å². The molecule has 0 aliphatic heterocycles. The summed E-state index contributed by atoms with van der Waals surface area (Å²) in [6.07, 6.45) is 2.59. The Morgan fingerprint density at radius 3 is 2.61 bits per heavy atom. The molecule has 3 atom stereocenters. The van der Waals surface area contributed by atoms with Crippen molar-refractivity contribution in [2.45, 2.75) is 32.3 Å². The van der Waals surface area contributed by atoms with E-state index in [1.54, 1.807) is 0 Å². The van der Waals surface area contributed by atoms with Gasteiger partial charge in [0.25, 0.3) is 0 Å². The largest absolute Gasteiger partial charge is 0.479 e. The summed E-state index contributed by atoms with van der Waals surface area (Å²) in [5, 5.41) is 14.0. The third kappa shape index (κ3) is 4.52. The second kappa shape index (κ2) is 7.20. The van der Waals surface area contributed by atoms with Crippen LogP contribution in [0.4, 0.5) is 4.79 Å². The zero-order valence-corrected chi connectivity index (χ0v) is 10.9. The summed E-state index contributed by atoms with van der Waals surface area (Å²) in [5.41, 5.74) is 0. The first-order valence-corrected chi connectivity index (χ1v) is 6.32. The molecular formula is C12H22N2O4. The monoisotopic (exact) mass is 258 g/mol. The van der Waals surface area contributed by atoms with E-state index in [0.717, 1.165) is 6.42 Å². The van der Waals surface area contributed by atoms with Crippen molar-refractivity contribution in [3.05, 3.63) is 0 Å². The Hall–Kier alpha value is -1.30. The van der Waals surface area contributed by atoms with E-state index < -0.39 is 12.1 Å². The smallest absolute Gasteiger partial charge is 0.334 e. The first kappa shape index (κ1) is 14.8. The lowest BCUT2D eigenvalue weighted by molar-refractivity contribution is -0.147. The number of carboxylic acids is 1. The first-order valence-electron chi connectivity index (χ1n) is 6.32. The number of aliphatic carboxylic acids is 1. The lowest BCUT2D eigenvalue weighted by Crippen LogP contribution is -2.44. The molecular weight excluding hydrogens is 236 g/mol. The predicted molar refractivity (Wildman–Crippen MR) is 66.3 cm³/mol. The molecule has 0 saturated heterocycles. The Morgan fingerprint density at radius 1 is 1.39 bits per heavy atom. The van der Waals surface area contributed by atoms with Gasteiger partial charge in [-0.3, -0.25) is 0 Å². The second-order valence-electron chi connectivity index (χ2n) is 4.82. The summed E-state index contributed by atoms with van der Waals surface area (Å²) < 4.78 is 4.72. The highest BCUT2D eigenvalue weighted by molar-refractivity contribution is 5.76. The Balaban J connectivity index is 2.19. The maximum atomic E-state index is 11.5. The average molecular weight is 258 g/mol. The van der Waals surface area contributed by atoms with Gasteiger partial charge in [-0.2, -0.15) is 0 Å². The number of rotatable bonds is 6. The Labute approximate surface area is 107 Å². The third-order valence-electron chi connectivity index (χ3n) is 3.57. The lowest BCUT2D eigenvalue weighted by Gasteiger charge is -2.17. The van der Waals surface area contributed by atoms with Gasteiger partial charge in [0.05, 0.1) is 6.54 Å². The molecule has 1 saturated carbocycles. The van der Waals surface area contributed by atoms with Gasteiger partial charge in [0.15, 0.2) is 6.10 Å². The average Bonchev–Trinajstić information content (AvgIpc) is 2.72. The summed E-state index contributed by atoms with van der Waals surface area (Å²) in [5.74, 6) is 0.103. The minimum Gasteiger partial charge on any atom is -0.479 e. The van der Waals surface area contributed by atoms with Gasteiger partial charge in [-0.05, 0) is 18.3 Å². The van der Waals surface area contributed by atoms with E-state index in [0.29, 0.717) is 18.4 Å². The van der Waals surface area contributed by atoms with Crippen LogP contribution in [0.5, 0.6) is 0 Å². The molecule has 0 bridgehead atoms. The minimum absolute atomic E-state index is 0.0299.